The molecule has 0 fully saturated rings. The van der Waals surface area contributed by atoms with Gasteiger partial charge in [-0.15, -0.1) is 0 Å². The van der Waals surface area contributed by atoms with Crippen LogP contribution in [0.15, 0.2) is 29.2 Å². The second kappa shape index (κ2) is 7.59. The first-order chi connectivity index (χ1) is 10.7. The number of carbonyl (C=O) groups is 2. The van der Waals surface area contributed by atoms with Crippen LogP contribution in [0.25, 0.3) is 0 Å². The number of aliphatic carboxylic acids is 1. The summed E-state index contributed by atoms with van der Waals surface area (Å²) >= 11 is 0. The Morgan fingerprint density at radius 2 is 1.78 bits per heavy atom. The minimum Gasteiger partial charge on any atom is -0.481 e. The van der Waals surface area contributed by atoms with E-state index in [0.717, 1.165) is 0 Å². The molecule has 0 radical (unpaired) electrons. The van der Waals surface area contributed by atoms with Crippen LogP contribution in [0.4, 0.5) is 0 Å². The molecule has 0 saturated carbocycles. The zero-order valence-corrected chi connectivity index (χ0v) is 14.4. The third-order valence-corrected chi connectivity index (χ3v) is 5.96. The zero-order valence-electron chi connectivity index (χ0n) is 13.6. The normalized spacial score (nSPS) is 12.0. The van der Waals surface area contributed by atoms with E-state index in [9.17, 15) is 23.1 Å². The van der Waals surface area contributed by atoms with E-state index in [2.05, 4.69) is 5.32 Å². The molecule has 0 saturated heterocycles. The Morgan fingerprint density at radius 1 is 1.17 bits per heavy atom. The third kappa shape index (κ3) is 4.31. The molecule has 0 bridgehead atoms. The van der Waals surface area contributed by atoms with Crippen LogP contribution in [0.3, 0.4) is 0 Å². The van der Waals surface area contributed by atoms with Crippen LogP contribution >= 0.6 is 0 Å². The maximum absolute atomic E-state index is 12.2. The molecule has 0 aliphatic carbocycles. The summed E-state index contributed by atoms with van der Waals surface area (Å²) in [4.78, 5) is 23.7. The van der Waals surface area contributed by atoms with Crippen LogP contribution in [0.5, 0.6) is 0 Å². The maximum atomic E-state index is 12.2. The Labute approximate surface area is 136 Å². The number of carboxylic acid groups (broad SMARTS) is 1. The number of carbonyl (C=O) groups excluding carboxylic acids is 1. The fourth-order valence-corrected chi connectivity index (χ4v) is 3.15. The second-order valence-electron chi connectivity index (χ2n) is 5.41. The Kier molecular flexibility index (Phi) is 6.32. The predicted molar refractivity (Wildman–Crippen MR) is 87.2 cm³/mol. The van der Waals surface area contributed by atoms with Crippen molar-refractivity contribution >= 4 is 21.7 Å². The van der Waals surface area contributed by atoms with Crippen LogP contribution in [0.1, 0.15) is 44.0 Å². The van der Waals surface area contributed by atoms with Gasteiger partial charge in [0.05, 0.1) is 16.1 Å². The van der Waals surface area contributed by atoms with Gasteiger partial charge < -0.3 is 10.4 Å². The summed E-state index contributed by atoms with van der Waals surface area (Å²) in [5.41, 5.74) is -0.811. The lowest BCUT2D eigenvalue weighted by Crippen LogP contribution is -2.42. The monoisotopic (exact) mass is 341 g/mol. The van der Waals surface area contributed by atoms with Crippen molar-refractivity contribution in [1.29, 1.82) is 0 Å². The van der Waals surface area contributed by atoms with Crippen molar-refractivity contribution in [2.75, 3.05) is 12.3 Å². The quantitative estimate of drug-likeness (QED) is 0.754. The van der Waals surface area contributed by atoms with Crippen molar-refractivity contribution in [1.82, 2.24) is 5.32 Å². The largest absolute Gasteiger partial charge is 0.481 e. The maximum Gasteiger partial charge on any atom is 0.311 e. The van der Waals surface area contributed by atoms with E-state index in [-0.39, 0.29) is 22.8 Å². The third-order valence-electron chi connectivity index (χ3n) is 4.23. The highest BCUT2D eigenvalue weighted by atomic mass is 32.2. The van der Waals surface area contributed by atoms with E-state index in [1.165, 1.54) is 31.2 Å². The summed E-state index contributed by atoms with van der Waals surface area (Å²) in [6.45, 7) is 5.06. The second-order valence-corrected chi connectivity index (χ2v) is 7.68. The van der Waals surface area contributed by atoms with Gasteiger partial charge in [-0.2, -0.15) is 0 Å². The number of amides is 1. The fraction of sp³-hybridized carbons (Fsp3) is 0.500. The Bertz CT molecular complexity index is 677. The van der Waals surface area contributed by atoms with Crippen molar-refractivity contribution in [2.45, 2.75) is 38.5 Å². The predicted octanol–water partition coefficient (Wildman–Crippen LogP) is 2.10. The zero-order chi connectivity index (χ0) is 17.7. The van der Waals surface area contributed by atoms with Crippen molar-refractivity contribution in [3.8, 4) is 0 Å². The van der Waals surface area contributed by atoms with Crippen molar-refractivity contribution in [3.05, 3.63) is 29.8 Å². The van der Waals surface area contributed by atoms with Crippen molar-refractivity contribution in [2.24, 2.45) is 5.41 Å². The van der Waals surface area contributed by atoms with Gasteiger partial charge in [0.2, 0.25) is 0 Å². The van der Waals surface area contributed by atoms with Crippen molar-refractivity contribution < 1.29 is 23.1 Å². The number of hydrogen-bond acceptors (Lipinski definition) is 4. The number of hydrogen-bond donors (Lipinski definition) is 2. The molecule has 6 nitrogen and oxygen atoms in total. The first-order valence-corrected chi connectivity index (χ1v) is 9.22. The smallest absolute Gasteiger partial charge is 0.311 e. The molecule has 23 heavy (non-hydrogen) atoms. The lowest BCUT2D eigenvalue weighted by Gasteiger charge is -2.26. The summed E-state index contributed by atoms with van der Waals surface area (Å²) in [7, 11) is -3.39. The van der Waals surface area contributed by atoms with Gasteiger partial charge in [-0.3, -0.25) is 9.59 Å². The molecule has 1 aromatic rings. The SMILES string of the molecule is CCC(CC)(CNC(=O)c1cccc(S(=O)(=O)CC)c1)C(=O)O. The van der Waals surface area contributed by atoms with E-state index in [1.54, 1.807) is 13.8 Å². The number of carboxylic acids is 1. The Balaban J connectivity index is 2.95. The van der Waals surface area contributed by atoms with Gasteiger partial charge in [-0.25, -0.2) is 8.42 Å². The molecule has 0 atom stereocenters. The number of rotatable bonds is 8. The van der Waals surface area contributed by atoms with E-state index in [0.29, 0.717) is 12.8 Å². The molecule has 0 aromatic heterocycles. The molecule has 1 aromatic carbocycles. The highest BCUT2D eigenvalue weighted by Gasteiger charge is 2.35. The molecule has 0 heterocycles. The van der Waals surface area contributed by atoms with Crippen LogP contribution in [-0.4, -0.2) is 37.7 Å². The lowest BCUT2D eigenvalue weighted by molar-refractivity contribution is -0.149. The topological polar surface area (TPSA) is 101 Å². The van der Waals surface area contributed by atoms with Crippen molar-refractivity contribution in [3.63, 3.8) is 0 Å². The van der Waals surface area contributed by atoms with Crippen LogP contribution in [0.2, 0.25) is 0 Å². The highest BCUT2D eigenvalue weighted by molar-refractivity contribution is 7.91. The number of nitrogens with one attached hydrogen (secondary N) is 1. The minimum atomic E-state index is -3.39. The summed E-state index contributed by atoms with van der Waals surface area (Å²) < 4.78 is 23.7. The number of sulfone groups is 1. The molecule has 0 spiro atoms. The van der Waals surface area contributed by atoms with Gasteiger partial charge in [-0.1, -0.05) is 26.8 Å². The van der Waals surface area contributed by atoms with E-state index >= 15 is 0 Å². The first kappa shape index (κ1) is 19.2. The molecule has 128 valence electrons. The summed E-state index contributed by atoms with van der Waals surface area (Å²) in [5, 5.41) is 12.0. The van der Waals surface area contributed by atoms with E-state index in [1.807, 2.05) is 0 Å². The van der Waals surface area contributed by atoms with E-state index in [4.69, 9.17) is 0 Å². The molecule has 1 rings (SSSR count). The molecule has 7 heteroatoms. The molecule has 2 N–H and O–H groups in total. The first-order valence-electron chi connectivity index (χ1n) is 7.56. The summed E-state index contributed by atoms with van der Waals surface area (Å²) in [6, 6.07) is 5.76. The average molecular weight is 341 g/mol. The number of benzene rings is 1. The molecular weight excluding hydrogens is 318 g/mol. The van der Waals surface area contributed by atoms with Gasteiger partial charge in [0, 0.05) is 12.1 Å². The Hall–Kier alpha value is -1.89. The Morgan fingerprint density at radius 3 is 2.26 bits per heavy atom. The van der Waals surface area contributed by atoms with Crippen LogP contribution < -0.4 is 5.32 Å². The van der Waals surface area contributed by atoms with Crippen LogP contribution in [0, 0.1) is 5.41 Å². The van der Waals surface area contributed by atoms with Crippen LogP contribution in [-0.2, 0) is 14.6 Å². The van der Waals surface area contributed by atoms with Gasteiger partial charge in [0.15, 0.2) is 9.84 Å². The molecule has 1 amide bonds. The minimum absolute atomic E-state index is 0.00107. The van der Waals surface area contributed by atoms with E-state index < -0.39 is 27.1 Å². The highest BCUT2D eigenvalue weighted by Crippen LogP contribution is 2.25. The fourth-order valence-electron chi connectivity index (χ4n) is 2.23. The molecule has 0 aliphatic rings. The molecule has 0 aliphatic heterocycles. The summed E-state index contributed by atoms with van der Waals surface area (Å²) in [5.74, 6) is -1.48. The lowest BCUT2D eigenvalue weighted by atomic mass is 9.82. The standard InChI is InChI=1S/C16H23NO5S/c1-4-16(5-2,15(19)20)11-17-14(18)12-8-7-9-13(10-12)23(21,22)6-3/h7-10H,4-6,11H2,1-3H3,(H,17,18)(H,19,20). The van der Waals surface area contributed by atoms with Gasteiger partial charge in [0.1, 0.15) is 0 Å². The van der Waals surface area contributed by atoms with Gasteiger partial charge in [0.25, 0.3) is 5.91 Å². The summed E-state index contributed by atoms with van der Waals surface area (Å²) in [6.07, 6.45) is 0.784. The average Bonchev–Trinajstić information content (AvgIpc) is 2.55. The molecular formula is C16H23NO5S. The van der Waals surface area contributed by atoms with Gasteiger partial charge in [-0.05, 0) is 31.0 Å². The molecule has 0 unspecified atom stereocenters. The van der Waals surface area contributed by atoms with Gasteiger partial charge >= 0.3 is 5.97 Å².